The molecular weight excluding hydrogens is 290 g/mol. The third-order valence-corrected chi connectivity index (χ3v) is 3.69. The zero-order chi connectivity index (χ0) is 16.7. The molecule has 2 atom stereocenters. The molecule has 1 aliphatic heterocycles. The number of aliphatic hydroxyl groups excluding tert-OH is 1. The van der Waals surface area contributed by atoms with Crippen LogP contribution in [-0.4, -0.2) is 58.8 Å². The van der Waals surface area contributed by atoms with E-state index in [-0.39, 0.29) is 13.2 Å². The molecule has 126 valence electrons. The van der Waals surface area contributed by atoms with E-state index in [1.54, 1.807) is 0 Å². The molecule has 1 saturated heterocycles. The third-order valence-electron chi connectivity index (χ3n) is 3.69. The van der Waals surface area contributed by atoms with Crippen LogP contribution in [0.25, 0.3) is 0 Å². The molecule has 7 heteroatoms. The van der Waals surface area contributed by atoms with E-state index in [9.17, 15) is 19.5 Å². The number of hydrogen-bond acceptors (Lipinski definition) is 5. The average Bonchev–Trinajstić information content (AvgIpc) is 2.49. The maximum absolute atomic E-state index is 12.0. The fourth-order valence-corrected chi connectivity index (χ4v) is 2.39. The molecule has 1 heterocycles. The van der Waals surface area contributed by atoms with E-state index in [1.165, 1.54) is 4.90 Å². The van der Waals surface area contributed by atoms with Crippen molar-refractivity contribution in [3.05, 3.63) is 0 Å². The number of nitrogens with zero attached hydrogens (tertiary/aromatic N) is 1. The minimum Gasteiger partial charge on any atom is -0.481 e. The number of aliphatic hydroxyl groups is 1. The molecule has 0 aromatic heterocycles. The van der Waals surface area contributed by atoms with E-state index in [0.29, 0.717) is 31.7 Å². The lowest BCUT2D eigenvalue weighted by molar-refractivity contribution is -0.168. The van der Waals surface area contributed by atoms with Crippen LogP contribution in [0.15, 0.2) is 0 Å². The molecule has 0 aromatic rings. The summed E-state index contributed by atoms with van der Waals surface area (Å²) in [5, 5.41) is 18.6. The highest BCUT2D eigenvalue weighted by Crippen LogP contribution is 2.17. The van der Waals surface area contributed by atoms with E-state index < -0.39 is 29.9 Å². The van der Waals surface area contributed by atoms with Crippen LogP contribution in [-0.2, 0) is 19.1 Å². The summed E-state index contributed by atoms with van der Waals surface area (Å²) in [5.41, 5.74) is 0. The SMILES string of the molecule is CC(C)CCCO[C@@H](O)C(=O)C(=O)N1CCC[C@@H](C(=O)O)C1. The number of ketones is 1. The third kappa shape index (κ3) is 5.73. The Morgan fingerprint density at radius 3 is 2.59 bits per heavy atom. The molecule has 0 radical (unpaired) electrons. The molecule has 0 bridgehead atoms. The second-order valence-corrected chi connectivity index (χ2v) is 6.05. The molecule has 22 heavy (non-hydrogen) atoms. The summed E-state index contributed by atoms with van der Waals surface area (Å²) in [6.45, 7) is 4.64. The lowest BCUT2D eigenvalue weighted by atomic mass is 9.98. The standard InChI is InChI=1S/C15H25NO6/c1-10(2)5-4-8-22-15(21)12(17)13(18)16-7-3-6-11(9-16)14(19)20/h10-11,15,21H,3-9H2,1-2H3,(H,19,20)/t11-,15-/m1/s1. The Hall–Kier alpha value is -1.47. The van der Waals surface area contributed by atoms with Crippen LogP contribution in [0, 0.1) is 11.8 Å². The average molecular weight is 315 g/mol. The number of hydrogen-bond donors (Lipinski definition) is 2. The van der Waals surface area contributed by atoms with Gasteiger partial charge in [0.15, 0.2) is 0 Å². The molecule has 2 N–H and O–H groups in total. The molecule has 0 aromatic carbocycles. The van der Waals surface area contributed by atoms with Crippen LogP contribution in [0.2, 0.25) is 0 Å². The fourth-order valence-electron chi connectivity index (χ4n) is 2.39. The van der Waals surface area contributed by atoms with E-state index in [2.05, 4.69) is 13.8 Å². The second-order valence-electron chi connectivity index (χ2n) is 6.05. The number of Topliss-reactive ketones (excluding diaryl/α,β-unsaturated/α-hetero) is 1. The van der Waals surface area contributed by atoms with Crippen molar-refractivity contribution in [3.8, 4) is 0 Å². The summed E-state index contributed by atoms with van der Waals surface area (Å²) in [5.74, 6) is -3.04. The van der Waals surface area contributed by atoms with Gasteiger partial charge in [-0.05, 0) is 31.6 Å². The molecule has 0 aliphatic carbocycles. The second kappa shape index (κ2) is 8.85. The van der Waals surface area contributed by atoms with Crippen molar-refractivity contribution in [3.63, 3.8) is 0 Å². The predicted molar refractivity (Wildman–Crippen MR) is 78.0 cm³/mol. The van der Waals surface area contributed by atoms with E-state index in [1.807, 2.05) is 0 Å². The highest BCUT2D eigenvalue weighted by atomic mass is 16.6. The zero-order valence-electron chi connectivity index (χ0n) is 13.2. The van der Waals surface area contributed by atoms with Crippen molar-refractivity contribution in [2.75, 3.05) is 19.7 Å². The Bertz CT molecular complexity index is 409. The first-order chi connectivity index (χ1) is 10.3. The molecular formula is C15H25NO6. The van der Waals surface area contributed by atoms with Crippen LogP contribution in [0.1, 0.15) is 39.5 Å². The monoisotopic (exact) mass is 315 g/mol. The highest BCUT2D eigenvalue weighted by molar-refractivity contribution is 6.37. The van der Waals surface area contributed by atoms with E-state index >= 15 is 0 Å². The van der Waals surface area contributed by atoms with E-state index in [0.717, 1.165) is 6.42 Å². The molecule has 1 fully saturated rings. The number of piperidine rings is 1. The molecule has 7 nitrogen and oxygen atoms in total. The van der Waals surface area contributed by atoms with Crippen molar-refractivity contribution in [2.24, 2.45) is 11.8 Å². The minimum atomic E-state index is -1.77. The minimum absolute atomic E-state index is 0.0000237. The van der Waals surface area contributed by atoms with Gasteiger partial charge < -0.3 is 19.8 Å². The highest BCUT2D eigenvalue weighted by Gasteiger charge is 2.33. The van der Waals surface area contributed by atoms with Crippen molar-refractivity contribution in [1.29, 1.82) is 0 Å². The summed E-state index contributed by atoms with van der Waals surface area (Å²) in [4.78, 5) is 36.0. The zero-order valence-corrected chi connectivity index (χ0v) is 13.2. The maximum Gasteiger partial charge on any atom is 0.308 e. The molecule has 1 aliphatic rings. The van der Waals surface area contributed by atoms with Gasteiger partial charge in [-0.3, -0.25) is 14.4 Å². The smallest absolute Gasteiger partial charge is 0.308 e. The number of ether oxygens (including phenoxy) is 1. The van der Waals surface area contributed by atoms with Gasteiger partial charge in [-0.15, -0.1) is 0 Å². The summed E-state index contributed by atoms with van der Waals surface area (Å²) in [7, 11) is 0. The fraction of sp³-hybridized carbons (Fsp3) is 0.800. The van der Waals surface area contributed by atoms with Crippen LogP contribution in [0.4, 0.5) is 0 Å². The van der Waals surface area contributed by atoms with Gasteiger partial charge in [-0.25, -0.2) is 0 Å². The van der Waals surface area contributed by atoms with Gasteiger partial charge in [-0.2, -0.15) is 0 Å². The Balaban J connectivity index is 2.43. The summed E-state index contributed by atoms with van der Waals surface area (Å²) < 4.78 is 4.98. The normalized spacial score (nSPS) is 20.0. The number of likely N-dealkylation sites (tertiary alicyclic amines) is 1. The van der Waals surface area contributed by atoms with Gasteiger partial charge in [0.2, 0.25) is 6.29 Å². The van der Waals surface area contributed by atoms with Crippen molar-refractivity contribution < 1.29 is 29.3 Å². The van der Waals surface area contributed by atoms with Crippen LogP contribution in [0.3, 0.4) is 0 Å². The number of carbonyl (C=O) groups is 3. The first kappa shape index (κ1) is 18.6. The predicted octanol–water partition coefficient (Wildman–Crippen LogP) is 0.650. The summed E-state index contributed by atoms with van der Waals surface area (Å²) in [6.07, 6.45) is 0.843. The number of carbonyl (C=O) groups excluding carboxylic acids is 2. The van der Waals surface area contributed by atoms with Gasteiger partial charge in [0.25, 0.3) is 11.7 Å². The Morgan fingerprint density at radius 2 is 2.00 bits per heavy atom. The lowest BCUT2D eigenvalue weighted by Crippen LogP contribution is -2.48. The quantitative estimate of drug-likeness (QED) is 0.387. The number of carboxylic acids is 1. The number of rotatable bonds is 8. The topological polar surface area (TPSA) is 104 Å². The van der Waals surface area contributed by atoms with Gasteiger partial charge in [0.05, 0.1) is 12.5 Å². The summed E-state index contributed by atoms with van der Waals surface area (Å²) in [6, 6.07) is 0. The molecule has 0 unspecified atom stereocenters. The molecule has 1 amide bonds. The molecule has 0 saturated carbocycles. The number of carboxylic acid groups (broad SMARTS) is 1. The number of amides is 1. The van der Waals surface area contributed by atoms with Crippen LogP contribution >= 0.6 is 0 Å². The van der Waals surface area contributed by atoms with Gasteiger partial charge >= 0.3 is 5.97 Å². The van der Waals surface area contributed by atoms with Crippen LogP contribution in [0.5, 0.6) is 0 Å². The lowest BCUT2D eigenvalue weighted by Gasteiger charge is -2.30. The van der Waals surface area contributed by atoms with Crippen molar-refractivity contribution in [2.45, 2.75) is 45.8 Å². The van der Waals surface area contributed by atoms with Crippen molar-refractivity contribution >= 4 is 17.7 Å². The maximum atomic E-state index is 12.0. The Kier molecular flexibility index (Phi) is 7.47. The largest absolute Gasteiger partial charge is 0.481 e. The first-order valence-corrected chi connectivity index (χ1v) is 7.68. The molecule has 1 rings (SSSR count). The van der Waals surface area contributed by atoms with Gasteiger partial charge in [0.1, 0.15) is 0 Å². The van der Waals surface area contributed by atoms with Gasteiger partial charge in [0, 0.05) is 13.1 Å². The number of aliphatic carboxylic acids is 1. The van der Waals surface area contributed by atoms with Crippen LogP contribution < -0.4 is 0 Å². The van der Waals surface area contributed by atoms with Crippen molar-refractivity contribution in [1.82, 2.24) is 4.90 Å². The van der Waals surface area contributed by atoms with E-state index in [4.69, 9.17) is 9.84 Å². The Morgan fingerprint density at radius 1 is 1.32 bits per heavy atom. The summed E-state index contributed by atoms with van der Waals surface area (Å²) >= 11 is 0. The molecule has 0 spiro atoms. The first-order valence-electron chi connectivity index (χ1n) is 7.68. The Labute approximate surface area is 130 Å². The van der Waals surface area contributed by atoms with Gasteiger partial charge in [-0.1, -0.05) is 13.8 Å².